The molecule has 0 aromatic carbocycles. The number of carbonyl (C=O) groups is 1. The quantitative estimate of drug-likeness (QED) is 0.866. The van der Waals surface area contributed by atoms with E-state index in [1.165, 1.54) is 11.0 Å². The number of hydrogen-bond donors (Lipinski definition) is 1. The highest BCUT2D eigenvalue weighted by Gasteiger charge is 2.18. The molecule has 7 nitrogen and oxygen atoms in total. The Morgan fingerprint density at radius 3 is 2.85 bits per heavy atom. The molecule has 0 radical (unpaired) electrons. The topological polar surface area (TPSA) is 89.9 Å². The maximum absolute atomic E-state index is 12.3. The Balaban J connectivity index is 2.06. The van der Waals surface area contributed by atoms with Crippen LogP contribution in [-0.2, 0) is 17.9 Å². The van der Waals surface area contributed by atoms with Crippen molar-refractivity contribution in [1.82, 2.24) is 24.6 Å². The molecule has 7 heteroatoms. The summed E-state index contributed by atoms with van der Waals surface area (Å²) >= 11 is 0. The number of nitrogens with two attached hydrogens (primary N) is 1. The number of carbonyl (C=O) groups excluding carboxylic acids is 1. The summed E-state index contributed by atoms with van der Waals surface area (Å²) < 4.78 is 1.44. The lowest BCUT2D eigenvalue weighted by molar-refractivity contribution is -0.134. The number of aromatic nitrogens is 4. The lowest BCUT2D eigenvalue weighted by atomic mass is 10.2. The fourth-order valence-electron chi connectivity index (χ4n) is 1.86. The van der Waals surface area contributed by atoms with Crippen molar-refractivity contribution in [2.75, 3.05) is 5.73 Å². The average Bonchev–Trinajstić information content (AvgIpc) is 2.82. The van der Waals surface area contributed by atoms with E-state index < -0.39 is 0 Å². The summed E-state index contributed by atoms with van der Waals surface area (Å²) in [7, 11) is 0. The second kappa shape index (κ2) is 6.14. The molecule has 0 spiro atoms. The van der Waals surface area contributed by atoms with E-state index in [4.69, 9.17) is 5.73 Å². The van der Waals surface area contributed by atoms with Gasteiger partial charge in [0.2, 0.25) is 11.9 Å². The van der Waals surface area contributed by atoms with E-state index in [0.29, 0.717) is 6.54 Å². The van der Waals surface area contributed by atoms with E-state index in [1.807, 2.05) is 26.0 Å². The molecule has 2 heterocycles. The third-order valence-electron chi connectivity index (χ3n) is 2.87. The number of pyridine rings is 1. The normalized spacial score (nSPS) is 10.8. The Hall–Kier alpha value is -2.44. The standard InChI is InChI=1S/C13H18N6O/c1-10(2)19(7-11-4-3-5-15-6-11)12(20)8-18-9-16-13(14)17-18/h3-6,9-10H,7-8H2,1-2H3,(H2,14,17). The smallest absolute Gasteiger partial charge is 0.244 e. The van der Waals surface area contributed by atoms with E-state index in [2.05, 4.69) is 15.1 Å². The van der Waals surface area contributed by atoms with Gasteiger partial charge in [0, 0.05) is 25.0 Å². The monoisotopic (exact) mass is 274 g/mol. The molecule has 2 aromatic heterocycles. The molecule has 106 valence electrons. The molecule has 2 aromatic rings. The minimum absolute atomic E-state index is 0.0336. The fraction of sp³-hybridized carbons (Fsp3) is 0.385. The van der Waals surface area contributed by atoms with Crippen LogP contribution in [0.1, 0.15) is 19.4 Å². The third kappa shape index (κ3) is 3.53. The first-order chi connectivity index (χ1) is 9.56. The molecular formula is C13H18N6O. The molecular weight excluding hydrogens is 256 g/mol. The zero-order valence-electron chi connectivity index (χ0n) is 11.6. The summed E-state index contributed by atoms with van der Waals surface area (Å²) in [5, 5.41) is 3.92. The van der Waals surface area contributed by atoms with Crippen LogP contribution in [0.3, 0.4) is 0 Å². The number of rotatable bonds is 5. The third-order valence-corrected chi connectivity index (χ3v) is 2.87. The minimum Gasteiger partial charge on any atom is -0.367 e. The second-order valence-electron chi connectivity index (χ2n) is 4.78. The molecule has 0 aliphatic carbocycles. The first-order valence-electron chi connectivity index (χ1n) is 6.39. The van der Waals surface area contributed by atoms with Crippen molar-refractivity contribution in [3.63, 3.8) is 0 Å². The maximum Gasteiger partial charge on any atom is 0.244 e. The zero-order valence-corrected chi connectivity index (χ0v) is 11.6. The number of nitrogens with zero attached hydrogens (tertiary/aromatic N) is 5. The van der Waals surface area contributed by atoms with Crippen molar-refractivity contribution in [3.8, 4) is 0 Å². The van der Waals surface area contributed by atoms with E-state index in [-0.39, 0.29) is 24.4 Å². The van der Waals surface area contributed by atoms with Gasteiger partial charge >= 0.3 is 0 Å². The number of hydrogen-bond acceptors (Lipinski definition) is 5. The molecule has 0 aliphatic heterocycles. The molecule has 0 saturated heterocycles. The van der Waals surface area contributed by atoms with E-state index in [9.17, 15) is 4.79 Å². The van der Waals surface area contributed by atoms with Crippen LogP contribution in [-0.4, -0.2) is 36.6 Å². The average molecular weight is 274 g/mol. The molecule has 2 N–H and O–H groups in total. The summed E-state index contributed by atoms with van der Waals surface area (Å²) in [5.74, 6) is 0.134. The number of nitrogen functional groups attached to an aromatic ring is 1. The van der Waals surface area contributed by atoms with Crippen molar-refractivity contribution >= 4 is 11.9 Å². The second-order valence-corrected chi connectivity index (χ2v) is 4.78. The van der Waals surface area contributed by atoms with Gasteiger partial charge in [-0.3, -0.25) is 9.78 Å². The Bertz CT molecular complexity index is 565. The van der Waals surface area contributed by atoms with Gasteiger partial charge in [0.05, 0.1) is 0 Å². The van der Waals surface area contributed by atoms with Crippen LogP contribution < -0.4 is 5.73 Å². The molecule has 20 heavy (non-hydrogen) atoms. The Kier molecular flexibility index (Phi) is 4.29. The molecule has 0 unspecified atom stereocenters. The predicted octanol–water partition coefficient (Wildman–Crippen LogP) is 0.693. The van der Waals surface area contributed by atoms with Crippen LogP contribution >= 0.6 is 0 Å². The summed E-state index contributed by atoms with van der Waals surface area (Å²) in [6.07, 6.45) is 4.93. The molecule has 0 atom stereocenters. The van der Waals surface area contributed by atoms with Crippen LogP contribution in [0.2, 0.25) is 0 Å². The van der Waals surface area contributed by atoms with Crippen molar-refractivity contribution in [1.29, 1.82) is 0 Å². The predicted molar refractivity (Wildman–Crippen MR) is 74.4 cm³/mol. The first-order valence-corrected chi connectivity index (χ1v) is 6.39. The molecule has 0 fully saturated rings. The first kappa shape index (κ1) is 14.0. The largest absolute Gasteiger partial charge is 0.367 e. The van der Waals surface area contributed by atoms with Crippen molar-refractivity contribution < 1.29 is 4.79 Å². The van der Waals surface area contributed by atoms with Crippen LogP contribution in [0.15, 0.2) is 30.9 Å². The molecule has 0 saturated carbocycles. The van der Waals surface area contributed by atoms with Gasteiger partial charge in [0.25, 0.3) is 0 Å². The van der Waals surface area contributed by atoms with E-state index in [0.717, 1.165) is 5.56 Å². The number of anilines is 1. The van der Waals surface area contributed by atoms with Crippen LogP contribution in [0.5, 0.6) is 0 Å². The van der Waals surface area contributed by atoms with E-state index in [1.54, 1.807) is 17.3 Å². The SMILES string of the molecule is CC(C)N(Cc1cccnc1)C(=O)Cn1cnc(N)n1. The van der Waals surface area contributed by atoms with Gasteiger partial charge in [-0.15, -0.1) is 5.10 Å². The Morgan fingerprint density at radius 1 is 1.50 bits per heavy atom. The van der Waals surface area contributed by atoms with Crippen LogP contribution in [0.4, 0.5) is 5.95 Å². The van der Waals surface area contributed by atoms with Crippen molar-refractivity contribution in [2.24, 2.45) is 0 Å². The van der Waals surface area contributed by atoms with Gasteiger partial charge in [-0.05, 0) is 25.5 Å². The minimum atomic E-state index is -0.0336. The van der Waals surface area contributed by atoms with E-state index >= 15 is 0 Å². The maximum atomic E-state index is 12.3. The van der Waals surface area contributed by atoms with Crippen LogP contribution in [0, 0.1) is 0 Å². The Labute approximate surface area is 117 Å². The zero-order chi connectivity index (χ0) is 14.5. The lowest BCUT2D eigenvalue weighted by Crippen LogP contribution is -2.38. The number of amides is 1. The fourth-order valence-corrected chi connectivity index (χ4v) is 1.86. The molecule has 2 rings (SSSR count). The summed E-state index contributed by atoms with van der Waals surface area (Å²) in [6, 6.07) is 3.89. The highest BCUT2D eigenvalue weighted by atomic mass is 16.2. The summed E-state index contributed by atoms with van der Waals surface area (Å²) in [5.41, 5.74) is 6.43. The highest BCUT2D eigenvalue weighted by molar-refractivity contribution is 5.76. The van der Waals surface area contributed by atoms with Gasteiger partial charge < -0.3 is 10.6 Å². The van der Waals surface area contributed by atoms with Crippen LogP contribution in [0.25, 0.3) is 0 Å². The Morgan fingerprint density at radius 2 is 2.30 bits per heavy atom. The highest BCUT2D eigenvalue weighted by Crippen LogP contribution is 2.08. The van der Waals surface area contributed by atoms with Crippen molar-refractivity contribution in [2.45, 2.75) is 33.0 Å². The van der Waals surface area contributed by atoms with Gasteiger partial charge in [-0.2, -0.15) is 0 Å². The summed E-state index contributed by atoms with van der Waals surface area (Å²) in [6.45, 7) is 4.60. The molecule has 1 amide bonds. The van der Waals surface area contributed by atoms with Gasteiger partial charge in [-0.25, -0.2) is 9.67 Å². The van der Waals surface area contributed by atoms with Gasteiger partial charge in [-0.1, -0.05) is 6.07 Å². The molecule has 0 bridgehead atoms. The lowest BCUT2D eigenvalue weighted by Gasteiger charge is -2.26. The van der Waals surface area contributed by atoms with Gasteiger partial charge in [0.15, 0.2) is 0 Å². The van der Waals surface area contributed by atoms with Gasteiger partial charge in [0.1, 0.15) is 12.9 Å². The summed E-state index contributed by atoms with van der Waals surface area (Å²) in [4.78, 5) is 22.0. The molecule has 0 aliphatic rings. The van der Waals surface area contributed by atoms with Crippen molar-refractivity contribution in [3.05, 3.63) is 36.4 Å².